The van der Waals surface area contributed by atoms with E-state index in [1.165, 1.54) is 0 Å². The zero-order chi connectivity index (χ0) is 14.2. The van der Waals surface area contributed by atoms with Gasteiger partial charge in [0.1, 0.15) is 0 Å². The highest BCUT2D eigenvalue weighted by molar-refractivity contribution is 8.00. The average molecular weight is 292 g/mol. The van der Waals surface area contributed by atoms with Gasteiger partial charge in [0.25, 0.3) is 0 Å². The number of benzene rings is 1. The van der Waals surface area contributed by atoms with Crippen LogP contribution in [0.15, 0.2) is 23.1 Å². The lowest BCUT2D eigenvalue weighted by molar-refractivity contribution is 0.102. The van der Waals surface area contributed by atoms with Crippen LogP contribution < -0.4 is 5.32 Å². The van der Waals surface area contributed by atoms with Crippen molar-refractivity contribution in [1.82, 2.24) is 5.32 Å². The maximum absolute atomic E-state index is 10.5. The number of aliphatic hydroxyl groups excluding tert-OH is 1. The van der Waals surface area contributed by atoms with Gasteiger partial charge in [-0.2, -0.15) is 5.26 Å². The standard InChI is InChI=1S/C14H16N2OS2/c1-8(18)16-12-10-6-9(7-15)4-5-11(10)19-14(2,3)13(12)17/h4-6,12-13,17H,1-3H3,(H,16,18)/t12?,13-/m0/s1. The molecule has 0 bridgehead atoms. The third-order valence-corrected chi connectivity index (χ3v) is 4.71. The Bertz CT molecular complexity index is 563. The minimum Gasteiger partial charge on any atom is -0.389 e. The first-order valence-electron chi connectivity index (χ1n) is 6.03. The molecule has 1 heterocycles. The molecule has 2 N–H and O–H groups in total. The Balaban J connectivity index is 2.52. The van der Waals surface area contributed by atoms with Gasteiger partial charge in [-0.25, -0.2) is 0 Å². The van der Waals surface area contributed by atoms with E-state index in [1.807, 2.05) is 26.0 Å². The van der Waals surface area contributed by atoms with E-state index < -0.39 is 6.10 Å². The molecule has 0 aliphatic carbocycles. The van der Waals surface area contributed by atoms with E-state index in [2.05, 4.69) is 11.4 Å². The fourth-order valence-electron chi connectivity index (χ4n) is 2.24. The van der Waals surface area contributed by atoms with Crippen LogP contribution >= 0.6 is 24.0 Å². The zero-order valence-electron chi connectivity index (χ0n) is 11.1. The van der Waals surface area contributed by atoms with Gasteiger partial charge in [0.2, 0.25) is 0 Å². The van der Waals surface area contributed by atoms with Crippen molar-refractivity contribution in [2.45, 2.75) is 42.6 Å². The monoisotopic (exact) mass is 292 g/mol. The number of thioether (sulfide) groups is 1. The van der Waals surface area contributed by atoms with Crippen molar-refractivity contribution in [3.63, 3.8) is 0 Å². The third-order valence-electron chi connectivity index (χ3n) is 3.23. The second-order valence-corrected chi connectivity index (χ2v) is 7.50. The van der Waals surface area contributed by atoms with E-state index in [4.69, 9.17) is 17.5 Å². The van der Waals surface area contributed by atoms with Crippen molar-refractivity contribution in [3.05, 3.63) is 29.3 Å². The summed E-state index contributed by atoms with van der Waals surface area (Å²) in [6.45, 7) is 5.82. The molecule has 1 aromatic carbocycles. The fourth-order valence-corrected chi connectivity index (χ4v) is 3.64. The first-order chi connectivity index (χ1) is 8.85. The van der Waals surface area contributed by atoms with Crippen LogP contribution in [0.2, 0.25) is 0 Å². The van der Waals surface area contributed by atoms with Gasteiger partial charge in [0.15, 0.2) is 0 Å². The Morgan fingerprint density at radius 3 is 2.79 bits per heavy atom. The summed E-state index contributed by atoms with van der Waals surface area (Å²) in [5.41, 5.74) is 1.54. The van der Waals surface area contributed by atoms with Crippen molar-refractivity contribution in [3.8, 4) is 6.07 Å². The fraction of sp³-hybridized carbons (Fsp3) is 0.429. The number of hydrogen-bond acceptors (Lipinski definition) is 4. The minimum atomic E-state index is -0.572. The number of nitriles is 1. The van der Waals surface area contributed by atoms with Crippen LogP contribution in [-0.2, 0) is 0 Å². The Kier molecular flexibility index (Phi) is 3.86. The van der Waals surface area contributed by atoms with Gasteiger partial charge in [-0.3, -0.25) is 0 Å². The summed E-state index contributed by atoms with van der Waals surface area (Å²) in [5.74, 6) is 0. The molecule has 100 valence electrons. The SMILES string of the molecule is CC(=S)NC1c2cc(C#N)ccc2SC(C)(C)[C@H]1O. The van der Waals surface area contributed by atoms with Gasteiger partial charge in [-0.05, 0) is 44.5 Å². The molecule has 2 atom stereocenters. The highest BCUT2D eigenvalue weighted by Crippen LogP contribution is 2.47. The van der Waals surface area contributed by atoms with Crippen LogP contribution in [0.3, 0.4) is 0 Å². The van der Waals surface area contributed by atoms with Gasteiger partial charge in [0, 0.05) is 9.64 Å². The first kappa shape index (κ1) is 14.3. The molecule has 1 aromatic rings. The molecular weight excluding hydrogens is 276 g/mol. The highest BCUT2D eigenvalue weighted by atomic mass is 32.2. The summed E-state index contributed by atoms with van der Waals surface area (Å²) in [5, 5.41) is 22.7. The molecule has 0 saturated carbocycles. The molecule has 3 nitrogen and oxygen atoms in total. The van der Waals surface area contributed by atoms with Crippen molar-refractivity contribution in [1.29, 1.82) is 5.26 Å². The van der Waals surface area contributed by atoms with E-state index >= 15 is 0 Å². The molecule has 0 radical (unpaired) electrons. The van der Waals surface area contributed by atoms with Gasteiger partial charge in [-0.15, -0.1) is 11.8 Å². The zero-order valence-corrected chi connectivity index (χ0v) is 12.7. The summed E-state index contributed by atoms with van der Waals surface area (Å²) in [6, 6.07) is 7.45. The van der Waals surface area contributed by atoms with Crippen molar-refractivity contribution >= 4 is 29.0 Å². The van der Waals surface area contributed by atoms with Gasteiger partial charge in [0.05, 0.1) is 28.8 Å². The van der Waals surface area contributed by atoms with E-state index in [1.54, 1.807) is 24.8 Å². The molecule has 0 amide bonds. The second kappa shape index (κ2) is 5.12. The topological polar surface area (TPSA) is 56.0 Å². The van der Waals surface area contributed by atoms with E-state index in [0.29, 0.717) is 10.6 Å². The summed E-state index contributed by atoms with van der Waals surface area (Å²) < 4.78 is -0.302. The summed E-state index contributed by atoms with van der Waals surface area (Å²) in [6.07, 6.45) is -0.572. The molecule has 1 unspecified atom stereocenters. The lowest BCUT2D eigenvalue weighted by Gasteiger charge is -2.41. The number of fused-ring (bicyclic) bond motifs is 1. The van der Waals surface area contributed by atoms with Crippen LogP contribution in [0.5, 0.6) is 0 Å². The number of aliphatic hydroxyl groups is 1. The maximum Gasteiger partial charge on any atom is 0.0991 e. The molecule has 0 fully saturated rings. The molecule has 1 aliphatic rings. The number of rotatable bonds is 1. The van der Waals surface area contributed by atoms with Gasteiger partial charge < -0.3 is 10.4 Å². The smallest absolute Gasteiger partial charge is 0.0991 e. The van der Waals surface area contributed by atoms with Crippen LogP contribution in [-0.4, -0.2) is 20.9 Å². The Labute approximate surface area is 123 Å². The highest BCUT2D eigenvalue weighted by Gasteiger charge is 2.41. The average Bonchev–Trinajstić information content (AvgIpc) is 2.34. The lowest BCUT2D eigenvalue weighted by Crippen LogP contribution is -2.47. The number of thiocarbonyl (C=S) groups is 1. The first-order valence-corrected chi connectivity index (χ1v) is 7.26. The van der Waals surface area contributed by atoms with E-state index in [-0.39, 0.29) is 10.8 Å². The minimum absolute atomic E-state index is 0.267. The molecule has 1 aliphatic heterocycles. The quantitative estimate of drug-likeness (QED) is 0.780. The predicted octanol–water partition coefficient (Wildman–Crippen LogP) is 2.78. The van der Waals surface area contributed by atoms with Crippen molar-refractivity contribution in [2.24, 2.45) is 0 Å². The van der Waals surface area contributed by atoms with Crippen LogP contribution in [0.4, 0.5) is 0 Å². The largest absolute Gasteiger partial charge is 0.389 e. The van der Waals surface area contributed by atoms with Crippen LogP contribution in [0, 0.1) is 11.3 Å². The summed E-state index contributed by atoms with van der Waals surface area (Å²) >= 11 is 6.73. The second-order valence-electron chi connectivity index (χ2n) is 5.19. The van der Waals surface area contributed by atoms with Crippen molar-refractivity contribution < 1.29 is 5.11 Å². The Hall–Kier alpha value is -1.09. The summed E-state index contributed by atoms with van der Waals surface area (Å²) in [4.78, 5) is 1.73. The Morgan fingerprint density at radius 2 is 2.21 bits per heavy atom. The molecule has 5 heteroatoms. The molecular formula is C14H16N2OS2. The molecule has 2 rings (SSSR count). The van der Waals surface area contributed by atoms with Crippen molar-refractivity contribution in [2.75, 3.05) is 0 Å². The number of nitrogens with one attached hydrogen (secondary N) is 1. The summed E-state index contributed by atoms with van der Waals surface area (Å²) in [7, 11) is 0. The molecule has 0 spiro atoms. The number of nitrogens with zero attached hydrogens (tertiary/aromatic N) is 1. The van der Waals surface area contributed by atoms with Crippen LogP contribution in [0.1, 0.15) is 37.9 Å². The molecule has 0 aromatic heterocycles. The van der Waals surface area contributed by atoms with Crippen LogP contribution in [0.25, 0.3) is 0 Å². The predicted molar refractivity (Wildman–Crippen MR) is 81.2 cm³/mol. The maximum atomic E-state index is 10.5. The normalized spacial score (nSPS) is 24.2. The lowest BCUT2D eigenvalue weighted by atomic mass is 9.91. The number of hydrogen-bond donors (Lipinski definition) is 2. The molecule has 0 saturated heterocycles. The van der Waals surface area contributed by atoms with E-state index in [9.17, 15) is 5.11 Å². The van der Waals surface area contributed by atoms with E-state index in [0.717, 1.165) is 10.5 Å². The van der Waals surface area contributed by atoms with Gasteiger partial charge in [-0.1, -0.05) is 12.2 Å². The van der Waals surface area contributed by atoms with Gasteiger partial charge >= 0.3 is 0 Å². The molecule has 19 heavy (non-hydrogen) atoms. The Morgan fingerprint density at radius 1 is 1.53 bits per heavy atom. The third kappa shape index (κ3) is 2.76.